The van der Waals surface area contributed by atoms with Crippen LogP contribution in [0.3, 0.4) is 0 Å². The summed E-state index contributed by atoms with van der Waals surface area (Å²) in [5, 5.41) is 2.99. The number of nitrogens with zero attached hydrogens (tertiary/aromatic N) is 1. The van der Waals surface area contributed by atoms with Gasteiger partial charge in [-0.25, -0.2) is 13.2 Å². The monoisotopic (exact) mass is 671 g/mol. The van der Waals surface area contributed by atoms with Crippen molar-refractivity contribution in [1.82, 2.24) is 10.3 Å². The van der Waals surface area contributed by atoms with Crippen molar-refractivity contribution >= 4 is 23.4 Å². The van der Waals surface area contributed by atoms with E-state index in [4.69, 9.17) is 26.8 Å². The molecule has 1 saturated heterocycles. The van der Waals surface area contributed by atoms with Crippen molar-refractivity contribution in [3.8, 4) is 0 Å². The lowest BCUT2D eigenvalue weighted by Gasteiger charge is -2.30. The maximum Gasteiger partial charge on any atom is 0.389 e. The second-order valence-electron chi connectivity index (χ2n) is 11.0. The van der Waals surface area contributed by atoms with Crippen molar-refractivity contribution < 1.29 is 45.4 Å². The summed E-state index contributed by atoms with van der Waals surface area (Å²) in [5.41, 5.74) is 7.83. The molecule has 3 aromatic rings. The molecule has 0 spiro atoms. The van der Waals surface area contributed by atoms with Gasteiger partial charge >= 0.3 is 12.1 Å². The number of nitrogens with two attached hydrogens (primary N) is 1. The molecule has 14 heteroatoms. The van der Waals surface area contributed by atoms with Crippen molar-refractivity contribution in [2.75, 3.05) is 19.8 Å². The molecule has 1 fully saturated rings. The number of rotatable bonds is 13. The molecule has 0 amide bonds. The molecule has 0 bridgehead atoms. The number of benzene rings is 2. The molecule has 2 heterocycles. The maximum absolute atomic E-state index is 15.0. The van der Waals surface area contributed by atoms with Crippen molar-refractivity contribution in [2.45, 2.75) is 62.4 Å². The Kier molecular flexibility index (Phi) is 12.2. The zero-order valence-electron chi connectivity index (χ0n) is 24.5. The summed E-state index contributed by atoms with van der Waals surface area (Å²) < 4.78 is 90.5. The highest BCUT2D eigenvalue weighted by Gasteiger charge is 2.31. The average molecular weight is 672 g/mol. The standard InChI is InChI=1S/C32H32ClF6N3O4/c33-25-8-3-19(11-26(25)35)30(18-1-4-21(34)5-2-18)31(40)28(43)12-20-13-41-15-27(36)24(20)7-6-23-14-42-22(16-45-23)17-46-29(44)9-10-32(37,38)39/h1-5,8,11,13,15,22-23,30-31,42H,6-7,9-10,12,14,16-17,40H2/t22-,23+,30+,31+/m0/s1. The van der Waals surface area contributed by atoms with Gasteiger partial charge in [0.2, 0.25) is 0 Å². The van der Waals surface area contributed by atoms with Gasteiger partial charge in [-0.3, -0.25) is 14.6 Å². The summed E-state index contributed by atoms with van der Waals surface area (Å²) in [6.07, 6.45) is -4.17. The maximum atomic E-state index is 15.0. The summed E-state index contributed by atoms with van der Waals surface area (Å²) in [5.74, 6) is -4.14. The van der Waals surface area contributed by atoms with Crippen LogP contribution in [0.25, 0.3) is 0 Å². The van der Waals surface area contributed by atoms with Gasteiger partial charge in [-0.1, -0.05) is 29.8 Å². The Morgan fingerprint density at radius 2 is 1.78 bits per heavy atom. The molecular formula is C32H32ClF6N3O4. The topological polar surface area (TPSA) is 104 Å². The predicted molar refractivity (Wildman–Crippen MR) is 157 cm³/mol. The Hall–Kier alpha value is -3.52. The lowest BCUT2D eigenvalue weighted by molar-refractivity contribution is -0.158. The van der Waals surface area contributed by atoms with E-state index in [1.807, 2.05) is 0 Å². The van der Waals surface area contributed by atoms with Gasteiger partial charge in [-0.05, 0) is 59.4 Å². The van der Waals surface area contributed by atoms with E-state index in [2.05, 4.69) is 10.3 Å². The SMILES string of the molecule is N[C@H](C(=O)Cc1cncc(F)c1CC[C@@H]1CN[C@H](COC(=O)CCC(F)(F)F)CO1)[C@H](c1ccc(F)cc1)c1ccc(Cl)c(F)c1. The van der Waals surface area contributed by atoms with Crippen LogP contribution >= 0.6 is 11.6 Å². The molecule has 4 atom stereocenters. The van der Waals surface area contributed by atoms with Gasteiger partial charge in [-0.2, -0.15) is 13.2 Å². The van der Waals surface area contributed by atoms with Crippen molar-refractivity contribution in [3.05, 3.63) is 99.6 Å². The van der Waals surface area contributed by atoms with Gasteiger partial charge in [0.1, 0.15) is 24.1 Å². The predicted octanol–water partition coefficient (Wildman–Crippen LogP) is 5.60. The molecule has 3 N–H and O–H groups in total. The molecular weight excluding hydrogens is 640 g/mol. The Morgan fingerprint density at radius 3 is 2.43 bits per heavy atom. The first-order valence-corrected chi connectivity index (χ1v) is 14.9. The molecule has 0 radical (unpaired) electrons. The number of ketones is 1. The first-order valence-electron chi connectivity index (χ1n) is 14.5. The Morgan fingerprint density at radius 1 is 1.07 bits per heavy atom. The number of hydrogen-bond acceptors (Lipinski definition) is 7. The normalized spacial score (nSPS) is 18.2. The molecule has 4 rings (SSSR count). The number of pyridine rings is 1. The molecule has 2 aromatic carbocycles. The van der Waals surface area contributed by atoms with Crippen LogP contribution in [-0.4, -0.2) is 60.9 Å². The zero-order chi connectivity index (χ0) is 33.4. The highest BCUT2D eigenvalue weighted by atomic mass is 35.5. The van der Waals surface area contributed by atoms with E-state index < -0.39 is 66.2 Å². The van der Waals surface area contributed by atoms with Crippen LogP contribution in [0.1, 0.15) is 47.4 Å². The molecule has 0 saturated carbocycles. The molecule has 1 aromatic heterocycles. The van der Waals surface area contributed by atoms with Crippen LogP contribution in [0, 0.1) is 17.5 Å². The van der Waals surface area contributed by atoms with Crippen LogP contribution in [0.15, 0.2) is 54.9 Å². The number of ether oxygens (including phenoxy) is 2. The van der Waals surface area contributed by atoms with Crippen LogP contribution in [0.2, 0.25) is 5.02 Å². The number of aromatic nitrogens is 1. The van der Waals surface area contributed by atoms with Gasteiger partial charge in [-0.15, -0.1) is 0 Å². The number of halogens is 7. The number of carbonyl (C=O) groups excluding carboxylic acids is 2. The minimum Gasteiger partial charge on any atom is -0.464 e. The molecule has 248 valence electrons. The highest BCUT2D eigenvalue weighted by Crippen LogP contribution is 2.31. The number of alkyl halides is 3. The first kappa shape index (κ1) is 35.3. The summed E-state index contributed by atoms with van der Waals surface area (Å²) in [4.78, 5) is 29.0. The Bertz CT molecular complexity index is 1500. The fourth-order valence-corrected chi connectivity index (χ4v) is 5.30. The molecule has 7 nitrogen and oxygen atoms in total. The van der Waals surface area contributed by atoms with E-state index in [0.717, 1.165) is 6.20 Å². The summed E-state index contributed by atoms with van der Waals surface area (Å²) >= 11 is 5.85. The van der Waals surface area contributed by atoms with Crippen molar-refractivity contribution in [1.29, 1.82) is 0 Å². The van der Waals surface area contributed by atoms with Crippen LogP contribution in [0.4, 0.5) is 26.3 Å². The zero-order valence-corrected chi connectivity index (χ0v) is 25.2. The average Bonchev–Trinajstić information content (AvgIpc) is 3.01. The van der Waals surface area contributed by atoms with Gasteiger partial charge in [0, 0.05) is 25.1 Å². The quantitative estimate of drug-likeness (QED) is 0.180. The number of hydrogen-bond donors (Lipinski definition) is 2. The van der Waals surface area contributed by atoms with Gasteiger partial charge < -0.3 is 20.5 Å². The van der Waals surface area contributed by atoms with Crippen LogP contribution < -0.4 is 11.1 Å². The smallest absolute Gasteiger partial charge is 0.389 e. The van der Waals surface area contributed by atoms with E-state index in [1.54, 1.807) is 0 Å². The minimum absolute atomic E-state index is 0.117. The fraction of sp³-hybridized carbons (Fsp3) is 0.406. The summed E-state index contributed by atoms with van der Waals surface area (Å²) in [6, 6.07) is 7.72. The van der Waals surface area contributed by atoms with Crippen LogP contribution in [-0.2, 0) is 31.9 Å². The van der Waals surface area contributed by atoms with Crippen molar-refractivity contribution in [3.63, 3.8) is 0 Å². The number of Topliss-reactive ketones (excluding diaryl/α,β-unsaturated/α-hetero) is 1. The third-order valence-corrected chi connectivity index (χ3v) is 7.97. The number of morpholine rings is 1. The first-order chi connectivity index (χ1) is 21.8. The van der Waals surface area contributed by atoms with Crippen molar-refractivity contribution in [2.24, 2.45) is 5.73 Å². The third kappa shape index (κ3) is 9.99. The molecule has 0 aliphatic carbocycles. The fourth-order valence-electron chi connectivity index (χ4n) is 5.18. The van der Waals surface area contributed by atoms with E-state index >= 15 is 0 Å². The van der Waals surface area contributed by atoms with Gasteiger partial charge in [0.05, 0.1) is 48.9 Å². The van der Waals surface area contributed by atoms with E-state index in [-0.39, 0.29) is 42.7 Å². The lowest BCUT2D eigenvalue weighted by atomic mass is 9.82. The molecule has 0 unspecified atom stereocenters. The molecule has 1 aliphatic rings. The van der Waals surface area contributed by atoms with Gasteiger partial charge in [0.15, 0.2) is 5.78 Å². The Labute approximate surface area is 266 Å². The van der Waals surface area contributed by atoms with E-state index in [9.17, 15) is 35.9 Å². The van der Waals surface area contributed by atoms with Gasteiger partial charge in [0.25, 0.3) is 0 Å². The second-order valence-corrected chi connectivity index (χ2v) is 11.4. The molecule has 46 heavy (non-hydrogen) atoms. The lowest BCUT2D eigenvalue weighted by Crippen LogP contribution is -2.49. The number of esters is 1. The summed E-state index contributed by atoms with van der Waals surface area (Å²) in [7, 11) is 0. The minimum atomic E-state index is -4.45. The van der Waals surface area contributed by atoms with E-state index in [0.29, 0.717) is 29.7 Å². The highest BCUT2D eigenvalue weighted by molar-refractivity contribution is 6.30. The second kappa shape index (κ2) is 15.9. The summed E-state index contributed by atoms with van der Waals surface area (Å²) in [6.45, 7) is 0.274. The third-order valence-electron chi connectivity index (χ3n) is 7.66. The van der Waals surface area contributed by atoms with E-state index in [1.165, 1.54) is 48.7 Å². The molecule has 1 aliphatic heterocycles. The number of nitrogens with one attached hydrogen (secondary N) is 1. The Balaban J connectivity index is 1.37. The largest absolute Gasteiger partial charge is 0.464 e. The van der Waals surface area contributed by atoms with Crippen LogP contribution in [0.5, 0.6) is 0 Å². The number of carbonyl (C=O) groups is 2.